The van der Waals surface area contributed by atoms with Gasteiger partial charge in [0.1, 0.15) is 0 Å². The van der Waals surface area contributed by atoms with Gasteiger partial charge in [-0.3, -0.25) is 9.78 Å². The molecule has 0 radical (unpaired) electrons. The van der Waals surface area contributed by atoms with E-state index in [1.807, 2.05) is 34.1 Å². The topological polar surface area (TPSA) is 75.9 Å². The predicted molar refractivity (Wildman–Crippen MR) is 95.7 cm³/mol. The van der Waals surface area contributed by atoms with Gasteiger partial charge in [0, 0.05) is 18.9 Å². The Morgan fingerprint density at radius 3 is 2.84 bits per heavy atom. The Kier molecular flexibility index (Phi) is 5.65. The molecule has 25 heavy (non-hydrogen) atoms. The van der Waals surface area contributed by atoms with Gasteiger partial charge in [0.15, 0.2) is 5.69 Å². The third kappa shape index (κ3) is 3.67. The molecular weight excluding hydrogens is 340 g/mol. The number of aromatic nitrogens is 4. The van der Waals surface area contributed by atoms with Crippen LogP contribution in [-0.4, -0.2) is 50.4 Å². The van der Waals surface area contributed by atoms with E-state index in [0.717, 1.165) is 50.9 Å². The van der Waals surface area contributed by atoms with Gasteiger partial charge < -0.3 is 10.2 Å². The summed E-state index contributed by atoms with van der Waals surface area (Å²) in [5.41, 5.74) is 1.54. The van der Waals surface area contributed by atoms with E-state index in [4.69, 9.17) is 0 Å². The molecule has 134 valence electrons. The van der Waals surface area contributed by atoms with Crippen LogP contribution in [0.2, 0.25) is 0 Å². The van der Waals surface area contributed by atoms with Crippen LogP contribution < -0.4 is 5.32 Å². The maximum absolute atomic E-state index is 12.9. The van der Waals surface area contributed by atoms with E-state index in [2.05, 4.69) is 20.6 Å². The lowest BCUT2D eigenvalue weighted by molar-refractivity contribution is 0.0729. The molecule has 0 aromatic carbocycles. The van der Waals surface area contributed by atoms with Crippen LogP contribution in [0.5, 0.6) is 0 Å². The van der Waals surface area contributed by atoms with Gasteiger partial charge in [0.05, 0.1) is 18.3 Å². The molecule has 4 rings (SSSR count). The number of amides is 1. The van der Waals surface area contributed by atoms with Crippen molar-refractivity contribution in [3.05, 3.63) is 42.0 Å². The Hall–Kier alpha value is -1.99. The number of piperidine rings is 1. The average Bonchev–Trinajstić information content (AvgIpc) is 3.32. The van der Waals surface area contributed by atoms with Crippen molar-refractivity contribution in [2.75, 3.05) is 19.6 Å². The number of nitrogens with one attached hydrogen (secondary N) is 1. The molecule has 8 heteroatoms. The molecule has 0 aliphatic carbocycles. The maximum Gasteiger partial charge on any atom is 0.276 e. The standard InChI is InChI=1S/C17H22N6O.ClH/c24-17(15-12-23(21-20-15)14-5-8-18-9-6-14)22-10-2-4-16(22)13-3-1-7-19-11-13;/h1,3,7,11-12,14,16,18H,2,4-6,8-10H2;1H. The van der Waals surface area contributed by atoms with Crippen molar-refractivity contribution in [3.8, 4) is 0 Å². The number of likely N-dealkylation sites (tertiary alicyclic amines) is 1. The molecular formula is C17H23ClN6O. The summed E-state index contributed by atoms with van der Waals surface area (Å²) in [6.45, 7) is 2.74. The summed E-state index contributed by atoms with van der Waals surface area (Å²) in [6.07, 6.45) is 9.46. The normalized spacial score (nSPS) is 21.1. The molecule has 2 aliphatic heterocycles. The average molecular weight is 363 g/mol. The summed E-state index contributed by atoms with van der Waals surface area (Å²) in [4.78, 5) is 19.0. The molecule has 2 aliphatic rings. The molecule has 4 heterocycles. The van der Waals surface area contributed by atoms with Crippen molar-refractivity contribution < 1.29 is 4.79 Å². The second-order valence-corrected chi connectivity index (χ2v) is 6.51. The first kappa shape index (κ1) is 17.8. The zero-order valence-corrected chi connectivity index (χ0v) is 14.9. The number of halogens is 1. The fourth-order valence-corrected chi connectivity index (χ4v) is 3.70. The third-order valence-electron chi connectivity index (χ3n) is 5.00. The Balaban J connectivity index is 0.00000182. The van der Waals surface area contributed by atoms with Gasteiger partial charge in [-0.2, -0.15) is 0 Å². The summed E-state index contributed by atoms with van der Waals surface area (Å²) < 4.78 is 1.86. The summed E-state index contributed by atoms with van der Waals surface area (Å²) >= 11 is 0. The highest BCUT2D eigenvalue weighted by Crippen LogP contribution is 2.32. The van der Waals surface area contributed by atoms with Crippen molar-refractivity contribution in [1.82, 2.24) is 30.2 Å². The second-order valence-electron chi connectivity index (χ2n) is 6.51. The van der Waals surface area contributed by atoms with Crippen molar-refractivity contribution in [2.24, 2.45) is 0 Å². The van der Waals surface area contributed by atoms with E-state index >= 15 is 0 Å². The van der Waals surface area contributed by atoms with Crippen LogP contribution in [-0.2, 0) is 0 Å². The first-order valence-corrected chi connectivity index (χ1v) is 8.66. The van der Waals surface area contributed by atoms with E-state index in [-0.39, 0.29) is 24.4 Å². The first-order valence-electron chi connectivity index (χ1n) is 8.66. The molecule has 2 saturated heterocycles. The lowest BCUT2D eigenvalue weighted by Crippen LogP contribution is -2.31. The maximum atomic E-state index is 12.9. The molecule has 2 aromatic rings. The lowest BCUT2D eigenvalue weighted by atomic mass is 10.1. The molecule has 1 unspecified atom stereocenters. The number of carbonyl (C=O) groups is 1. The van der Waals surface area contributed by atoms with Gasteiger partial charge in [-0.15, -0.1) is 17.5 Å². The molecule has 1 atom stereocenters. The number of carbonyl (C=O) groups excluding carboxylic acids is 1. The van der Waals surface area contributed by atoms with Gasteiger partial charge in [-0.05, 0) is 50.4 Å². The van der Waals surface area contributed by atoms with Gasteiger partial charge in [-0.1, -0.05) is 11.3 Å². The molecule has 2 fully saturated rings. The Bertz CT molecular complexity index is 700. The van der Waals surface area contributed by atoms with Crippen LogP contribution in [0.4, 0.5) is 0 Å². The van der Waals surface area contributed by atoms with E-state index in [9.17, 15) is 4.79 Å². The smallest absolute Gasteiger partial charge is 0.276 e. The fourth-order valence-electron chi connectivity index (χ4n) is 3.70. The van der Waals surface area contributed by atoms with Crippen molar-refractivity contribution in [1.29, 1.82) is 0 Å². The SMILES string of the molecule is Cl.O=C(c1cn(C2CCNCC2)nn1)N1CCCC1c1cccnc1. The van der Waals surface area contributed by atoms with Crippen LogP contribution in [0.3, 0.4) is 0 Å². The highest BCUT2D eigenvalue weighted by molar-refractivity contribution is 5.92. The van der Waals surface area contributed by atoms with Crippen LogP contribution >= 0.6 is 12.4 Å². The quantitative estimate of drug-likeness (QED) is 0.903. The number of hydrogen-bond donors (Lipinski definition) is 1. The van der Waals surface area contributed by atoms with Gasteiger partial charge >= 0.3 is 0 Å². The van der Waals surface area contributed by atoms with Crippen LogP contribution in [0, 0.1) is 0 Å². The largest absolute Gasteiger partial charge is 0.330 e. The Morgan fingerprint density at radius 1 is 1.24 bits per heavy atom. The summed E-state index contributed by atoms with van der Waals surface area (Å²) in [5, 5.41) is 11.7. The van der Waals surface area contributed by atoms with Crippen molar-refractivity contribution >= 4 is 18.3 Å². The molecule has 7 nitrogen and oxygen atoms in total. The predicted octanol–water partition coefficient (Wildman–Crippen LogP) is 2.00. The van der Waals surface area contributed by atoms with E-state index in [1.165, 1.54) is 0 Å². The van der Waals surface area contributed by atoms with Crippen LogP contribution in [0.15, 0.2) is 30.7 Å². The van der Waals surface area contributed by atoms with E-state index < -0.39 is 0 Å². The number of pyridine rings is 1. The highest BCUT2D eigenvalue weighted by atomic mass is 35.5. The number of rotatable bonds is 3. The van der Waals surface area contributed by atoms with Crippen LogP contribution in [0.1, 0.15) is 53.8 Å². The van der Waals surface area contributed by atoms with Crippen LogP contribution in [0.25, 0.3) is 0 Å². The summed E-state index contributed by atoms with van der Waals surface area (Å²) in [7, 11) is 0. The Morgan fingerprint density at radius 2 is 2.08 bits per heavy atom. The van der Waals surface area contributed by atoms with Gasteiger partial charge in [0.25, 0.3) is 5.91 Å². The number of nitrogens with zero attached hydrogens (tertiary/aromatic N) is 5. The molecule has 1 amide bonds. The first-order chi connectivity index (χ1) is 11.8. The van der Waals surface area contributed by atoms with E-state index in [1.54, 1.807) is 6.20 Å². The Labute approximate surface area is 153 Å². The molecule has 2 aromatic heterocycles. The fraction of sp³-hybridized carbons (Fsp3) is 0.529. The molecule has 0 saturated carbocycles. The minimum atomic E-state index is -0.0264. The third-order valence-corrected chi connectivity index (χ3v) is 5.00. The van der Waals surface area contributed by atoms with Crippen molar-refractivity contribution in [2.45, 2.75) is 37.8 Å². The molecule has 1 N–H and O–H groups in total. The minimum Gasteiger partial charge on any atom is -0.330 e. The zero-order valence-electron chi connectivity index (χ0n) is 14.0. The molecule has 0 bridgehead atoms. The minimum absolute atomic E-state index is 0. The molecule has 0 spiro atoms. The monoisotopic (exact) mass is 362 g/mol. The van der Waals surface area contributed by atoms with Gasteiger partial charge in [-0.25, -0.2) is 4.68 Å². The summed E-state index contributed by atoms with van der Waals surface area (Å²) in [6, 6.07) is 4.39. The summed E-state index contributed by atoms with van der Waals surface area (Å²) in [5.74, 6) is -0.0264. The highest BCUT2D eigenvalue weighted by Gasteiger charge is 2.32. The lowest BCUT2D eigenvalue weighted by Gasteiger charge is -2.24. The van der Waals surface area contributed by atoms with E-state index in [0.29, 0.717) is 11.7 Å². The second kappa shape index (κ2) is 7.93. The van der Waals surface area contributed by atoms with Gasteiger partial charge in [0.2, 0.25) is 0 Å². The zero-order chi connectivity index (χ0) is 16.4. The number of hydrogen-bond acceptors (Lipinski definition) is 5. The van der Waals surface area contributed by atoms with Crippen molar-refractivity contribution in [3.63, 3.8) is 0 Å².